The first-order valence-corrected chi connectivity index (χ1v) is 13.8. The van der Waals surface area contributed by atoms with Crippen molar-refractivity contribution in [2.24, 2.45) is 0 Å². The fraction of sp³-hybridized carbons (Fsp3) is 0.708. The molecular weight excluding hydrogens is 424 g/mol. The van der Waals surface area contributed by atoms with Gasteiger partial charge in [0.1, 0.15) is 0 Å². The van der Waals surface area contributed by atoms with Crippen LogP contribution < -0.4 is 10.0 Å². The van der Waals surface area contributed by atoms with Crippen molar-refractivity contribution in [3.63, 3.8) is 0 Å². The number of urea groups is 1. The zero-order valence-corrected chi connectivity index (χ0v) is 20.6. The van der Waals surface area contributed by atoms with Gasteiger partial charge in [0.25, 0.3) is 0 Å². The third-order valence-electron chi connectivity index (χ3n) is 7.62. The number of aryl methyl sites for hydroxylation is 2. The van der Waals surface area contributed by atoms with Gasteiger partial charge in [0, 0.05) is 17.8 Å². The fourth-order valence-electron chi connectivity index (χ4n) is 5.65. The topological polar surface area (TPSA) is 81.7 Å². The van der Waals surface area contributed by atoms with Gasteiger partial charge in [0.05, 0.1) is 5.75 Å². The Balaban J connectivity index is 1.31. The molecule has 178 valence electrons. The van der Waals surface area contributed by atoms with Crippen molar-refractivity contribution < 1.29 is 13.2 Å². The molecule has 0 spiro atoms. The SMILES string of the molecule is CC(CCS(=O)(=O)NC(=O)Nc1c2c(cc3c1CCC3)CCC2)N1CCC(N(C)C)CC1. The van der Waals surface area contributed by atoms with Crippen LogP contribution in [0.5, 0.6) is 0 Å². The van der Waals surface area contributed by atoms with Crippen molar-refractivity contribution in [2.45, 2.75) is 76.8 Å². The lowest BCUT2D eigenvalue weighted by atomic mass is 9.99. The van der Waals surface area contributed by atoms with Crippen molar-refractivity contribution in [3.05, 3.63) is 28.3 Å². The van der Waals surface area contributed by atoms with E-state index in [0.29, 0.717) is 12.5 Å². The largest absolute Gasteiger partial charge is 0.332 e. The molecule has 2 N–H and O–H groups in total. The molecule has 1 atom stereocenters. The number of likely N-dealkylation sites (tertiary alicyclic amines) is 1. The van der Waals surface area contributed by atoms with E-state index < -0.39 is 16.1 Å². The summed E-state index contributed by atoms with van der Waals surface area (Å²) in [6.07, 6.45) is 8.91. The van der Waals surface area contributed by atoms with Gasteiger partial charge < -0.3 is 15.1 Å². The lowest BCUT2D eigenvalue weighted by Gasteiger charge is -2.38. The number of amides is 2. The van der Waals surface area contributed by atoms with Crippen LogP contribution in [0.2, 0.25) is 0 Å². The molecule has 1 unspecified atom stereocenters. The predicted molar refractivity (Wildman–Crippen MR) is 129 cm³/mol. The first-order valence-electron chi connectivity index (χ1n) is 12.1. The van der Waals surface area contributed by atoms with E-state index in [4.69, 9.17) is 0 Å². The summed E-state index contributed by atoms with van der Waals surface area (Å²) >= 11 is 0. The molecule has 32 heavy (non-hydrogen) atoms. The van der Waals surface area contributed by atoms with Gasteiger partial charge >= 0.3 is 6.03 Å². The maximum absolute atomic E-state index is 12.7. The number of hydrogen-bond donors (Lipinski definition) is 2. The lowest BCUT2D eigenvalue weighted by Crippen LogP contribution is -2.46. The average Bonchev–Trinajstić information content (AvgIpc) is 3.41. The number of nitrogens with zero attached hydrogens (tertiary/aromatic N) is 2. The predicted octanol–water partition coefficient (Wildman–Crippen LogP) is 2.92. The number of sulfonamides is 1. The quantitative estimate of drug-likeness (QED) is 0.651. The van der Waals surface area contributed by atoms with Crippen LogP contribution in [0.15, 0.2) is 6.07 Å². The molecule has 0 aromatic heterocycles. The Bertz CT molecular complexity index is 920. The van der Waals surface area contributed by atoms with E-state index in [9.17, 15) is 13.2 Å². The highest BCUT2D eigenvalue weighted by molar-refractivity contribution is 7.90. The molecule has 2 amide bonds. The zero-order valence-electron chi connectivity index (χ0n) is 19.7. The number of hydrogen-bond acceptors (Lipinski definition) is 5. The molecule has 8 heteroatoms. The number of piperidine rings is 1. The van der Waals surface area contributed by atoms with Crippen LogP contribution in [0, 0.1) is 0 Å². The van der Waals surface area contributed by atoms with Crippen LogP contribution in [-0.2, 0) is 35.7 Å². The first-order chi connectivity index (χ1) is 15.2. The van der Waals surface area contributed by atoms with Crippen LogP contribution in [0.3, 0.4) is 0 Å². The van der Waals surface area contributed by atoms with Crippen molar-refractivity contribution in [1.82, 2.24) is 14.5 Å². The monoisotopic (exact) mass is 462 g/mol. The molecule has 3 aliphatic rings. The van der Waals surface area contributed by atoms with Gasteiger partial charge in [-0.3, -0.25) is 0 Å². The molecule has 0 radical (unpaired) electrons. The van der Waals surface area contributed by atoms with Gasteiger partial charge in [-0.15, -0.1) is 0 Å². The number of carbonyl (C=O) groups excluding carboxylic acids is 1. The maximum atomic E-state index is 12.7. The number of benzene rings is 1. The summed E-state index contributed by atoms with van der Waals surface area (Å²) in [5.41, 5.74) is 5.91. The smallest absolute Gasteiger partial charge is 0.307 e. The standard InChI is InChI=1S/C24H38N4O3S/c1-17(28-13-10-20(11-14-28)27(2)3)12-15-32(30,31)26-24(29)25-23-21-8-4-6-18(21)16-19-7-5-9-22(19)23/h16-17,20H,4-15H2,1-3H3,(H2,25,26,29). The second-order valence-electron chi connectivity index (χ2n) is 9.98. The summed E-state index contributed by atoms with van der Waals surface area (Å²) in [6, 6.07) is 2.46. The number of carbonyl (C=O) groups is 1. The molecular formula is C24H38N4O3S. The summed E-state index contributed by atoms with van der Waals surface area (Å²) < 4.78 is 27.5. The Labute approximate surface area is 193 Å². The second kappa shape index (κ2) is 9.69. The lowest BCUT2D eigenvalue weighted by molar-refractivity contribution is 0.113. The summed E-state index contributed by atoms with van der Waals surface area (Å²) in [5, 5.41) is 2.92. The molecule has 4 rings (SSSR count). The Morgan fingerprint density at radius 3 is 2.25 bits per heavy atom. The Morgan fingerprint density at radius 1 is 1.09 bits per heavy atom. The highest BCUT2D eigenvalue weighted by atomic mass is 32.2. The number of fused-ring (bicyclic) bond motifs is 2. The van der Waals surface area contributed by atoms with Crippen LogP contribution in [0.1, 0.15) is 61.3 Å². The Hall–Kier alpha value is -1.64. The van der Waals surface area contributed by atoms with Gasteiger partial charge in [-0.25, -0.2) is 17.9 Å². The third kappa shape index (κ3) is 5.29. The molecule has 1 aliphatic heterocycles. The second-order valence-corrected chi connectivity index (χ2v) is 11.8. The van der Waals surface area contributed by atoms with Gasteiger partial charge in [-0.05, 0) is 114 Å². The fourth-order valence-corrected chi connectivity index (χ4v) is 6.74. The normalized spacial score (nSPS) is 20.2. The molecule has 2 aliphatic carbocycles. The zero-order chi connectivity index (χ0) is 22.9. The van der Waals surface area contributed by atoms with Crippen LogP contribution in [0.25, 0.3) is 0 Å². The summed E-state index contributed by atoms with van der Waals surface area (Å²) in [6.45, 7) is 4.06. The number of anilines is 1. The van der Waals surface area contributed by atoms with Crippen molar-refractivity contribution in [1.29, 1.82) is 0 Å². The van der Waals surface area contributed by atoms with E-state index in [1.165, 1.54) is 22.3 Å². The van der Waals surface area contributed by atoms with Crippen molar-refractivity contribution >= 4 is 21.7 Å². The molecule has 1 saturated heterocycles. The van der Waals surface area contributed by atoms with Gasteiger partial charge in [-0.2, -0.15) is 0 Å². The van der Waals surface area contributed by atoms with E-state index in [1.54, 1.807) is 0 Å². The molecule has 0 saturated carbocycles. The molecule has 1 fully saturated rings. The van der Waals surface area contributed by atoms with E-state index in [2.05, 4.69) is 46.9 Å². The summed E-state index contributed by atoms with van der Waals surface area (Å²) in [5.74, 6) is -0.0415. The van der Waals surface area contributed by atoms with Gasteiger partial charge in [-0.1, -0.05) is 6.07 Å². The van der Waals surface area contributed by atoms with Crippen molar-refractivity contribution in [2.75, 3.05) is 38.3 Å². The van der Waals surface area contributed by atoms with Crippen LogP contribution in [-0.4, -0.2) is 69.3 Å². The summed E-state index contributed by atoms with van der Waals surface area (Å²) in [7, 11) is 0.548. The van der Waals surface area contributed by atoms with E-state index >= 15 is 0 Å². The minimum atomic E-state index is -3.68. The molecule has 0 bridgehead atoms. The number of rotatable bonds is 7. The van der Waals surface area contributed by atoms with Gasteiger partial charge in [0.2, 0.25) is 10.0 Å². The average molecular weight is 463 g/mol. The van der Waals surface area contributed by atoms with E-state index in [-0.39, 0.29) is 11.8 Å². The highest BCUT2D eigenvalue weighted by Crippen LogP contribution is 2.38. The minimum Gasteiger partial charge on any atom is -0.307 e. The Kier molecular flexibility index (Phi) is 7.12. The maximum Gasteiger partial charge on any atom is 0.332 e. The van der Waals surface area contributed by atoms with E-state index in [0.717, 1.165) is 70.1 Å². The highest BCUT2D eigenvalue weighted by Gasteiger charge is 2.27. The van der Waals surface area contributed by atoms with Crippen molar-refractivity contribution in [3.8, 4) is 0 Å². The van der Waals surface area contributed by atoms with Crippen LogP contribution in [0.4, 0.5) is 10.5 Å². The molecule has 7 nitrogen and oxygen atoms in total. The third-order valence-corrected chi connectivity index (χ3v) is 8.89. The first kappa shape index (κ1) is 23.5. The molecule has 1 aromatic rings. The minimum absolute atomic E-state index is 0.0415. The summed E-state index contributed by atoms with van der Waals surface area (Å²) in [4.78, 5) is 17.3. The number of nitrogens with one attached hydrogen (secondary N) is 2. The van der Waals surface area contributed by atoms with Gasteiger partial charge in [0.15, 0.2) is 0 Å². The Morgan fingerprint density at radius 2 is 1.69 bits per heavy atom. The molecule has 1 heterocycles. The van der Waals surface area contributed by atoms with E-state index in [1.807, 2.05) is 0 Å². The molecule has 1 aromatic carbocycles. The van der Waals surface area contributed by atoms with Crippen LogP contribution >= 0.6 is 0 Å².